The summed E-state index contributed by atoms with van der Waals surface area (Å²) in [6, 6.07) is 47.4. The van der Waals surface area contributed by atoms with Crippen molar-refractivity contribution in [2.75, 3.05) is 22.1 Å². The summed E-state index contributed by atoms with van der Waals surface area (Å²) in [6.45, 7) is -0.651. The molecule has 12 nitrogen and oxygen atoms in total. The fourth-order valence-electron chi connectivity index (χ4n) is 7.48. The molecule has 62 heavy (non-hydrogen) atoms. The average molecular weight is 976 g/mol. The molecule has 0 aliphatic carbocycles. The molecule has 5 aromatic carbocycles. The zero-order valence-electron chi connectivity index (χ0n) is 32.8. The van der Waals surface area contributed by atoms with Crippen LogP contribution >= 0.6 is 45.7 Å². The molecule has 2 atom stereocenters. The first-order valence-electron chi connectivity index (χ1n) is 19.4. The van der Waals surface area contributed by atoms with Gasteiger partial charge in [0.1, 0.15) is 28.3 Å². The van der Waals surface area contributed by atoms with Gasteiger partial charge in [0.2, 0.25) is 6.61 Å². The first-order chi connectivity index (χ1) is 30.3. The van der Waals surface area contributed by atoms with E-state index in [0.29, 0.717) is 20.9 Å². The van der Waals surface area contributed by atoms with E-state index in [2.05, 4.69) is 38.4 Å². The third kappa shape index (κ3) is 8.73. The van der Waals surface area contributed by atoms with E-state index in [4.69, 9.17) is 14.6 Å². The van der Waals surface area contributed by atoms with Crippen molar-refractivity contribution in [2.24, 2.45) is 5.16 Å². The smallest absolute Gasteiger partial charge is 0.352 e. The van der Waals surface area contributed by atoms with Gasteiger partial charge >= 0.3 is 11.9 Å². The van der Waals surface area contributed by atoms with Gasteiger partial charge in [0.25, 0.3) is 11.8 Å². The largest absolute Gasteiger partial charge is 0.477 e. The number of carbonyl (C=O) groups excluding carboxylic acids is 3. The number of thiazole rings is 1. The number of oxime groups is 1. The molecule has 0 saturated carbocycles. The van der Waals surface area contributed by atoms with E-state index in [1.807, 2.05) is 152 Å². The number of nitrogens with one attached hydrogen (secondary N) is 2. The van der Waals surface area contributed by atoms with E-state index in [-0.39, 0.29) is 17.1 Å². The lowest BCUT2D eigenvalue weighted by Gasteiger charge is -2.49. The molecule has 312 valence electrons. The summed E-state index contributed by atoms with van der Waals surface area (Å²) in [5, 5.41) is 22.0. The quantitative estimate of drug-likeness (QED) is 0.0166. The highest BCUT2D eigenvalue weighted by Gasteiger charge is 2.54. The standard InChI is InChI=1S/C47H38IN5O7S2/c48-26-32-28-61-44-39(43(56)53(44)40(32)45(57)58)50-42(55)38(52-59-27-37(54)60-41(30-16-6-1-7-17-30)31-18-8-2-9-19-31)36-29-62-46(49-36)51-47(33-20-10-3-11-21-33,34-22-12-4-13-23-34)35-24-14-5-15-25-35/h1-25,29,39,41,44H,26-28H2,(H,49,51)(H,50,55)(H,57,58)/t39?,44-/m0/s1. The fraction of sp³-hybridized carbons (Fsp3) is 0.149. The van der Waals surface area contributed by atoms with Gasteiger partial charge < -0.3 is 25.3 Å². The molecule has 1 saturated heterocycles. The van der Waals surface area contributed by atoms with Crippen LogP contribution in [0.3, 0.4) is 0 Å². The predicted octanol–water partition coefficient (Wildman–Crippen LogP) is 7.77. The van der Waals surface area contributed by atoms with Gasteiger partial charge in [-0.2, -0.15) is 0 Å². The van der Waals surface area contributed by atoms with Crippen molar-refractivity contribution in [3.8, 4) is 0 Å². The SMILES string of the molecule is O=C(CON=C(C(=O)NC1C(=O)N2C(C(=O)O)=C(CI)CS[C@@H]12)c1csc(NC(c2ccccc2)(c2ccccc2)c2ccccc2)n1)OC(c1ccccc1)c1ccccc1. The molecule has 1 aromatic heterocycles. The molecule has 0 spiro atoms. The number of amides is 2. The number of hydrogen-bond donors (Lipinski definition) is 3. The van der Waals surface area contributed by atoms with Crippen LogP contribution in [0.5, 0.6) is 0 Å². The first kappa shape index (κ1) is 42.4. The average Bonchev–Trinajstić information content (AvgIpc) is 3.79. The molecule has 15 heteroatoms. The van der Waals surface area contributed by atoms with Gasteiger partial charge in [-0.3, -0.25) is 14.5 Å². The van der Waals surface area contributed by atoms with Crippen LogP contribution in [0.4, 0.5) is 5.13 Å². The monoisotopic (exact) mass is 975 g/mol. The molecular formula is C47H38IN5O7S2. The number of halogens is 1. The topological polar surface area (TPSA) is 160 Å². The molecule has 3 heterocycles. The number of anilines is 1. The molecule has 2 amide bonds. The van der Waals surface area contributed by atoms with E-state index in [1.165, 1.54) is 28.0 Å². The summed E-state index contributed by atoms with van der Waals surface area (Å²) in [6.07, 6.45) is -0.732. The molecule has 0 radical (unpaired) electrons. The zero-order valence-corrected chi connectivity index (χ0v) is 36.6. The Labute approximate surface area is 379 Å². The molecule has 2 aliphatic rings. The molecule has 6 aromatic rings. The van der Waals surface area contributed by atoms with E-state index in [1.54, 1.807) is 5.38 Å². The molecule has 8 rings (SSSR count). The number of ether oxygens (including phenoxy) is 1. The number of fused-ring (bicyclic) bond motifs is 1. The molecular weight excluding hydrogens is 938 g/mol. The summed E-state index contributed by atoms with van der Waals surface area (Å²) in [7, 11) is 0. The van der Waals surface area contributed by atoms with Crippen LogP contribution in [0.2, 0.25) is 0 Å². The highest BCUT2D eigenvalue weighted by Crippen LogP contribution is 2.42. The number of aliphatic carboxylic acids is 1. The van der Waals surface area contributed by atoms with E-state index in [9.17, 15) is 24.3 Å². The second kappa shape index (κ2) is 19.2. The van der Waals surface area contributed by atoms with Crippen LogP contribution in [-0.2, 0) is 34.3 Å². The lowest BCUT2D eigenvalue weighted by atomic mass is 9.77. The van der Waals surface area contributed by atoms with Crippen LogP contribution in [0.1, 0.15) is 39.6 Å². The van der Waals surface area contributed by atoms with E-state index < -0.39 is 53.4 Å². The number of carbonyl (C=O) groups is 4. The van der Waals surface area contributed by atoms with Gasteiger partial charge in [-0.05, 0) is 33.4 Å². The van der Waals surface area contributed by atoms with Gasteiger partial charge in [0.15, 0.2) is 16.9 Å². The summed E-state index contributed by atoms with van der Waals surface area (Å²) < 4.78 is 6.34. The number of rotatable bonds is 16. The number of benzene rings is 5. The Hall–Kier alpha value is -6.30. The maximum absolute atomic E-state index is 14.3. The Morgan fingerprint density at radius 1 is 0.823 bits per heavy atom. The minimum atomic E-state index is -1.20. The second-order valence-electron chi connectivity index (χ2n) is 14.2. The molecule has 2 aliphatic heterocycles. The van der Waals surface area contributed by atoms with Gasteiger partial charge in [-0.1, -0.05) is 179 Å². The number of carboxylic acid groups (broad SMARTS) is 1. The van der Waals surface area contributed by atoms with Crippen molar-refractivity contribution < 1.29 is 33.9 Å². The predicted molar refractivity (Wildman–Crippen MR) is 247 cm³/mol. The minimum Gasteiger partial charge on any atom is -0.477 e. The van der Waals surface area contributed by atoms with Gasteiger partial charge in [0, 0.05) is 15.6 Å². The number of nitrogens with zero attached hydrogens (tertiary/aromatic N) is 3. The molecule has 3 N–H and O–H groups in total. The van der Waals surface area contributed by atoms with Crippen LogP contribution in [-0.4, -0.2) is 72.7 Å². The number of β-lactam (4-membered cyclic amide) rings is 1. The van der Waals surface area contributed by atoms with Crippen molar-refractivity contribution >= 4 is 80.3 Å². The Bertz CT molecular complexity index is 2480. The highest BCUT2D eigenvalue weighted by molar-refractivity contribution is 14.1. The lowest BCUT2D eigenvalue weighted by Crippen LogP contribution is -2.71. The van der Waals surface area contributed by atoms with Crippen molar-refractivity contribution in [3.63, 3.8) is 0 Å². The van der Waals surface area contributed by atoms with E-state index >= 15 is 0 Å². The maximum Gasteiger partial charge on any atom is 0.352 e. The van der Waals surface area contributed by atoms with Crippen LogP contribution in [0.15, 0.2) is 173 Å². The maximum atomic E-state index is 14.3. The zero-order chi connectivity index (χ0) is 43.1. The Morgan fingerprint density at radius 3 is 1.84 bits per heavy atom. The molecule has 1 unspecified atom stereocenters. The number of esters is 1. The van der Waals surface area contributed by atoms with Gasteiger partial charge in [-0.25, -0.2) is 14.6 Å². The van der Waals surface area contributed by atoms with Crippen LogP contribution < -0.4 is 10.6 Å². The highest BCUT2D eigenvalue weighted by atomic mass is 127. The second-order valence-corrected chi connectivity index (χ2v) is 16.9. The summed E-state index contributed by atoms with van der Waals surface area (Å²) in [5.74, 6) is -2.93. The van der Waals surface area contributed by atoms with Crippen LogP contribution in [0, 0.1) is 0 Å². The fourth-order valence-corrected chi connectivity index (χ4v) is 10.6. The van der Waals surface area contributed by atoms with Gasteiger partial charge in [-0.15, -0.1) is 23.1 Å². The summed E-state index contributed by atoms with van der Waals surface area (Å²) in [5.41, 5.74) is 3.75. The summed E-state index contributed by atoms with van der Waals surface area (Å²) >= 11 is 4.67. The minimum absolute atomic E-state index is 0.0624. The lowest BCUT2D eigenvalue weighted by molar-refractivity contribution is -0.153. The Balaban J connectivity index is 1.11. The Kier molecular flexibility index (Phi) is 13.1. The number of carboxylic acids is 1. The Morgan fingerprint density at radius 2 is 1.34 bits per heavy atom. The van der Waals surface area contributed by atoms with Crippen molar-refractivity contribution in [1.29, 1.82) is 0 Å². The normalized spacial score (nSPS) is 16.3. The third-order valence-corrected chi connectivity index (χ3v) is 13.4. The third-order valence-electron chi connectivity index (χ3n) is 10.4. The van der Waals surface area contributed by atoms with Crippen LogP contribution in [0.25, 0.3) is 0 Å². The van der Waals surface area contributed by atoms with Crippen molar-refractivity contribution in [1.82, 2.24) is 15.2 Å². The number of aromatic nitrogens is 1. The first-order valence-corrected chi connectivity index (χ1v) is 22.9. The van der Waals surface area contributed by atoms with Crippen molar-refractivity contribution in [3.05, 3.63) is 202 Å². The number of hydrogen-bond acceptors (Lipinski definition) is 11. The van der Waals surface area contributed by atoms with E-state index in [0.717, 1.165) is 27.8 Å². The summed E-state index contributed by atoms with van der Waals surface area (Å²) in [4.78, 5) is 65.0. The molecule has 1 fully saturated rings. The number of alkyl halides is 1. The number of thioether (sulfide) groups is 1. The molecule has 0 bridgehead atoms. The van der Waals surface area contributed by atoms with Gasteiger partial charge in [0.05, 0.1) is 0 Å². The van der Waals surface area contributed by atoms with Crippen molar-refractivity contribution in [2.45, 2.75) is 23.1 Å².